The molecule has 0 bridgehead atoms. The summed E-state index contributed by atoms with van der Waals surface area (Å²) in [5.74, 6) is -0.819. The van der Waals surface area contributed by atoms with Crippen LogP contribution in [0.2, 0.25) is 0 Å². The van der Waals surface area contributed by atoms with Gasteiger partial charge in [-0.05, 0) is 6.42 Å². The minimum Gasteiger partial charge on any atom is -0.394 e. The number of likely N-dealkylation sites (N-methyl/N-ethyl adjacent to an activating group) is 1. The highest BCUT2D eigenvalue weighted by Crippen LogP contribution is 2.25. The third-order valence-corrected chi connectivity index (χ3v) is 8.34. The van der Waals surface area contributed by atoms with E-state index in [0.717, 1.165) is 19.3 Å². The molecule has 1 fully saturated rings. The van der Waals surface area contributed by atoms with Crippen molar-refractivity contribution in [2.45, 2.75) is 165 Å². The van der Waals surface area contributed by atoms with E-state index in [1.54, 1.807) is 0 Å². The van der Waals surface area contributed by atoms with Crippen LogP contribution < -0.4 is 0 Å². The van der Waals surface area contributed by atoms with Crippen molar-refractivity contribution in [2.24, 2.45) is 0 Å². The van der Waals surface area contributed by atoms with E-state index < -0.39 is 74.2 Å². The molecule has 1 aliphatic rings. The van der Waals surface area contributed by atoms with Crippen molar-refractivity contribution >= 4 is 5.91 Å². The van der Waals surface area contributed by atoms with Crippen LogP contribution in [0.25, 0.3) is 0 Å². The van der Waals surface area contributed by atoms with Crippen LogP contribution in [-0.4, -0.2) is 134 Å². The molecule has 1 heterocycles. The third-order valence-electron chi connectivity index (χ3n) is 8.34. The Bertz CT molecular complexity index is 701. The summed E-state index contributed by atoms with van der Waals surface area (Å²) < 4.78 is 10.6. The lowest BCUT2D eigenvalue weighted by Crippen LogP contribution is -2.62. The van der Waals surface area contributed by atoms with Gasteiger partial charge >= 0.3 is 0 Å². The molecular formula is C31H61NO11. The highest BCUT2D eigenvalue weighted by molar-refractivity contribution is 5.81. The van der Waals surface area contributed by atoms with Gasteiger partial charge in [-0.1, -0.05) is 103 Å². The monoisotopic (exact) mass is 623 g/mol. The normalized spacial score (nSPS) is 25.3. The van der Waals surface area contributed by atoms with Crippen LogP contribution in [0.1, 0.15) is 110 Å². The van der Waals surface area contributed by atoms with Gasteiger partial charge in [0.25, 0.3) is 5.91 Å². The number of carbonyl (C=O) groups excluding carboxylic acids is 1. The van der Waals surface area contributed by atoms with Crippen molar-refractivity contribution in [1.82, 2.24) is 4.90 Å². The molecule has 0 radical (unpaired) electrons. The first kappa shape index (κ1) is 40.1. The highest BCUT2D eigenvalue weighted by atomic mass is 16.7. The number of rotatable bonds is 25. The van der Waals surface area contributed by atoms with Gasteiger partial charge in [-0.15, -0.1) is 0 Å². The van der Waals surface area contributed by atoms with Gasteiger partial charge in [0.15, 0.2) is 12.4 Å². The van der Waals surface area contributed by atoms with E-state index in [9.17, 15) is 45.6 Å². The smallest absolute Gasteiger partial charge is 0.253 e. The summed E-state index contributed by atoms with van der Waals surface area (Å²) in [5, 5.41) is 80.3. The second-order valence-electron chi connectivity index (χ2n) is 12.0. The summed E-state index contributed by atoms with van der Waals surface area (Å²) in [7, 11) is 1.49. The molecule has 0 spiro atoms. The largest absolute Gasteiger partial charge is 0.394 e. The van der Waals surface area contributed by atoms with Crippen molar-refractivity contribution < 1.29 is 55.1 Å². The average Bonchev–Trinajstić information content (AvgIpc) is 3.01. The molecule has 1 saturated heterocycles. The Hall–Kier alpha value is -0.930. The number of hydrogen-bond acceptors (Lipinski definition) is 11. The first-order chi connectivity index (χ1) is 20.6. The Morgan fingerprint density at radius 3 is 1.65 bits per heavy atom. The van der Waals surface area contributed by atoms with E-state index in [1.807, 2.05) is 0 Å². The van der Waals surface area contributed by atoms with Gasteiger partial charge in [-0.2, -0.15) is 0 Å². The lowest BCUT2D eigenvalue weighted by molar-refractivity contribution is -0.326. The molecule has 12 nitrogen and oxygen atoms in total. The average molecular weight is 624 g/mol. The number of ether oxygens (including phenoxy) is 2. The van der Waals surface area contributed by atoms with E-state index in [2.05, 4.69) is 6.92 Å². The van der Waals surface area contributed by atoms with Crippen LogP contribution in [0.15, 0.2) is 0 Å². The molecule has 9 atom stereocenters. The van der Waals surface area contributed by atoms with Crippen LogP contribution in [0, 0.1) is 0 Å². The third kappa shape index (κ3) is 14.8. The van der Waals surface area contributed by atoms with Gasteiger partial charge in [0.1, 0.15) is 42.7 Å². The molecule has 256 valence electrons. The number of hydrogen-bond donors (Lipinski definition) is 8. The summed E-state index contributed by atoms with van der Waals surface area (Å²) >= 11 is 0. The number of aliphatic hydroxyl groups is 8. The zero-order valence-corrected chi connectivity index (χ0v) is 26.4. The lowest BCUT2D eigenvalue weighted by Gasteiger charge is -2.42. The molecule has 1 amide bonds. The molecule has 43 heavy (non-hydrogen) atoms. The number of amides is 1. The second kappa shape index (κ2) is 23.4. The molecule has 0 saturated carbocycles. The van der Waals surface area contributed by atoms with Crippen molar-refractivity contribution in [3.63, 3.8) is 0 Å². The van der Waals surface area contributed by atoms with Gasteiger partial charge in [-0.25, -0.2) is 0 Å². The maximum absolute atomic E-state index is 12.8. The summed E-state index contributed by atoms with van der Waals surface area (Å²) in [5.41, 5.74) is 0. The Labute approximate surface area is 257 Å². The predicted octanol–water partition coefficient (Wildman–Crippen LogP) is 0.966. The zero-order chi connectivity index (χ0) is 32.2. The lowest BCUT2D eigenvalue weighted by atomic mass is 9.98. The molecule has 1 rings (SSSR count). The maximum Gasteiger partial charge on any atom is 0.253 e. The van der Waals surface area contributed by atoms with E-state index in [1.165, 1.54) is 89.0 Å². The highest BCUT2D eigenvalue weighted by Gasteiger charge is 2.47. The van der Waals surface area contributed by atoms with E-state index in [-0.39, 0.29) is 0 Å². The number of aliphatic hydroxyl groups excluding tert-OH is 8. The molecule has 0 aromatic heterocycles. The molecule has 0 aliphatic carbocycles. The minimum atomic E-state index is -2.03. The van der Waals surface area contributed by atoms with E-state index >= 15 is 0 Å². The van der Waals surface area contributed by atoms with Crippen molar-refractivity contribution in [3.8, 4) is 0 Å². The summed E-state index contributed by atoms with van der Waals surface area (Å²) in [6, 6.07) is 0. The fraction of sp³-hybridized carbons (Fsp3) is 0.968. The van der Waals surface area contributed by atoms with Gasteiger partial charge in [0.05, 0.1) is 13.2 Å². The van der Waals surface area contributed by atoms with Crippen molar-refractivity contribution in [1.29, 1.82) is 0 Å². The maximum atomic E-state index is 12.8. The van der Waals surface area contributed by atoms with Gasteiger partial charge in [0.2, 0.25) is 0 Å². The van der Waals surface area contributed by atoms with Crippen molar-refractivity contribution in [3.05, 3.63) is 0 Å². The topological polar surface area (TPSA) is 201 Å². The fourth-order valence-corrected chi connectivity index (χ4v) is 5.40. The Morgan fingerprint density at radius 2 is 1.21 bits per heavy atom. The van der Waals surface area contributed by atoms with Crippen molar-refractivity contribution in [2.75, 3.05) is 26.8 Å². The summed E-state index contributed by atoms with van der Waals surface area (Å²) in [6.07, 6.45) is 3.62. The predicted molar refractivity (Wildman–Crippen MR) is 161 cm³/mol. The fourth-order valence-electron chi connectivity index (χ4n) is 5.40. The Balaban J connectivity index is 2.33. The Morgan fingerprint density at radius 1 is 0.744 bits per heavy atom. The molecule has 0 unspecified atom stereocenters. The summed E-state index contributed by atoms with van der Waals surface area (Å²) in [4.78, 5) is 14.0. The number of unbranched alkanes of at least 4 members (excludes halogenated alkanes) is 15. The molecular weight excluding hydrogens is 562 g/mol. The van der Waals surface area contributed by atoms with Gasteiger partial charge in [-0.3, -0.25) is 4.79 Å². The first-order valence-electron chi connectivity index (χ1n) is 16.5. The zero-order valence-electron chi connectivity index (χ0n) is 26.4. The Kier molecular flexibility index (Phi) is 21.8. The summed E-state index contributed by atoms with van der Waals surface area (Å²) in [6.45, 7) is 0.941. The first-order valence-corrected chi connectivity index (χ1v) is 16.5. The van der Waals surface area contributed by atoms with Crippen LogP contribution in [0.4, 0.5) is 0 Å². The molecule has 12 heteroatoms. The molecule has 0 aromatic rings. The van der Waals surface area contributed by atoms with Crippen LogP contribution in [-0.2, 0) is 14.3 Å². The molecule has 0 aromatic carbocycles. The molecule has 1 aliphatic heterocycles. The van der Waals surface area contributed by atoms with Gasteiger partial charge in [0, 0.05) is 13.6 Å². The van der Waals surface area contributed by atoms with Crippen LogP contribution in [0.5, 0.6) is 0 Å². The van der Waals surface area contributed by atoms with E-state index in [4.69, 9.17) is 9.47 Å². The SMILES string of the molecule is CCCCCCCCCCCCCCCCCCN(C)C(=O)[C@H](O)[C@@H](O)[C@H](O[C@@H]1O[C@H](CO)[C@H](O)[C@H](O)[C@H]1O)[C@H](O)CO. The van der Waals surface area contributed by atoms with Crippen LogP contribution >= 0.6 is 0 Å². The van der Waals surface area contributed by atoms with E-state index in [0.29, 0.717) is 13.0 Å². The number of nitrogens with zero attached hydrogens (tertiary/aromatic N) is 1. The number of carbonyl (C=O) groups is 1. The van der Waals surface area contributed by atoms with Gasteiger partial charge < -0.3 is 55.2 Å². The minimum absolute atomic E-state index is 0.349. The quantitative estimate of drug-likeness (QED) is 0.0674. The second-order valence-corrected chi connectivity index (χ2v) is 12.0. The van der Waals surface area contributed by atoms with Crippen LogP contribution in [0.3, 0.4) is 0 Å². The molecule has 8 N–H and O–H groups in total. The standard InChI is InChI=1S/C31H61NO11/c1-3-4-5-6-7-8-9-10-11-12-13-14-15-16-17-18-19-32(2)30(41)27(39)26(38)29(22(35)20-33)43-31-28(40)25(37)24(36)23(21-34)42-31/h22-29,31,33-40H,3-21H2,1-2H3/t22-,23-,24+,25+,26-,27-,28-,29-,31+/m1/s1.